The summed E-state index contributed by atoms with van der Waals surface area (Å²) in [4.78, 5) is 14.0. The molecule has 0 N–H and O–H groups in total. The molecule has 1 nitrogen and oxygen atoms in total. The molecule has 0 saturated carbocycles. The zero-order valence-electron chi connectivity index (χ0n) is 20.2. The molecule has 0 aliphatic rings. The van der Waals surface area contributed by atoms with E-state index in [9.17, 15) is 25.6 Å². The third-order valence-corrected chi connectivity index (χ3v) is 7.33. The summed E-state index contributed by atoms with van der Waals surface area (Å²) in [7, 11) is 0.230. The predicted molar refractivity (Wildman–Crippen MR) is 144 cm³/mol. The van der Waals surface area contributed by atoms with Gasteiger partial charge in [0.1, 0.15) is 12.5 Å². The fraction of sp³-hybridized carbons (Fsp3) is 0.179. The Morgan fingerprint density at radius 3 is 1.78 bits per heavy atom. The van der Waals surface area contributed by atoms with E-state index in [2.05, 4.69) is 79.2 Å². The Kier molecular flexibility index (Phi) is 6.83. The van der Waals surface area contributed by atoms with Crippen LogP contribution in [0.2, 0.25) is 0 Å². The molecule has 0 aliphatic carbocycles. The number of hydrogen-bond donors (Lipinski definition) is 0. The molecular weight excluding hydrogens is 573 g/mol. The molecule has 0 radical (unpaired) electrons. The Balaban J connectivity index is 0.000000405. The van der Waals surface area contributed by atoms with Gasteiger partial charge >= 0.3 is 35.0 Å². The first-order chi connectivity index (χ1) is 17.1. The molecule has 5 rings (SSSR count). The summed E-state index contributed by atoms with van der Waals surface area (Å²) in [5.41, 5.74) is 2.17. The predicted octanol–water partition coefficient (Wildman–Crippen LogP) is 9.17. The number of carbonyl (C=O) groups excluding carboxylic acids is 1. The second kappa shape index (κ2) is 9.24. The van der Waals surface area contributed by atoms with Gasteiger partial charge in [0.2, 0.25) is 0 Å². The molecule has 196 valence electrons. The van der Waals surface area contributed by atoms with Crippen LogP contribution in [0.4, 0.5) is 20.8 Å². The fourth-order valence-electron chi connectivity index (χ4n) is 4.51. The first kappa shape index (κ1) is 27.3. The van der Waals surface area contributed by atoms with E-state index in [-0.39, 0.29) is 16.7 Å². The van der Waals surface area contributed by atoms with Crippen LogP contribution in [0, 0.1) is 0 Å². The number of Topliss-reactive ketones (excluding diaryl/α,β-unsaturated/α-hetero) is 1. The molecule has 0 fully saturated rings. The van der Waals surface area contributed by atoms with Crippen molar-refractivity contribution in [3.8, 4) is 0 Å². The van der Waals surface area contributed by atoms with E-state index < -0.39 is 14.2 Å². The third kappa shape index (κ3) is 7.42. The molecule has 0 saturated heterocycles. The van der Waals surface area contributed by atoms with Crippen molar-refractivity contribution >= 4 is 63.2 Å². The van der Waals surface area contributed by atoms with Gasteiger partial charge in [0.25, 0.3) is 0 Å². The summed E-state index contributed by atoms with van der Waals surface area (Å²) in [6.45, 7) is 0. The number of carbonyl (C=O) groups is 1. The fourth-order valence-corrected chi connectivity index (χ4v) is 5.19. The normalized spacial score (nSPS) is 14.0. The minimum absolute atomic E-state index is 0.230. The van der Waals surface area contributed by atoms with Crippen LogP contribution in [-0.4, -0.2) is 32.5 Å². The molecule has 0 bridgehead atoms. The number of hydrogen-bond acceptors (Lipinski definition) is 1. The van der Waals surface area contributed by atoms with Gasteiger partial charge in [0.05, 0.1) is 0 Å². The third-order valence-electron chi connectivity index (χ3n) is 6.12. The van der Waals surface area contributed by atoms with Gasteiger partial charge in [0, 0.05) is 22.9 Å². The first-order valence-corrected chi connectivity index (χ1v) is 17.8. The number of benzene rings is 5. The van der Waals surface area contributed by atoms with Crippen LogP contribution < -0.4 is 0 Å². The molecule has 5 aromatic carbocycles. The quantitative estimate of drug-likeness (QED) is 0.0627. The van der Waals surface area contributed by atoms with Crippen molar-refractivity contribution in [1.29, 1.82) is 0 Å². The first-order valence-electron chi connectivity index (χ1n) is 11.5. The summed E-state index contributed by atoms with van der Waals surface area (Å²) >= 11 is -11.1. The Hall–Kier alpha value is -2.70. The van der Waals surface area contributed by atoms with Crippen LogP contribution in [0.15, 0.2) is 83.8 Å². The SMILES string of the molecule is C[S+](C)c1ccc(C(=O)CCCc2ccc3ccc4cccc5ccc2c3c45)cc1.F[As-](F)(F)(F)(F)F. The van der Waals surface area contributed by atoms with E-state index in [4.69, 9.17) is 0 Å². The van der Waals surface area contributed by atoms with Gasteiger partial charge in [-0.25, -0.2) is 0 Å². The number of ketones is 1. The summed E-state index contributed by atoms with van der Waals surface area (Å²) in [6.07, 6.45) is 6.79. The Morgan fingerprint density at radius 2 is 1.22 bits per heavy atom. The van der Waals surface area contributed by atoms with Crippen LogP contribution >= 0.6 is 0 Å². The van der Waals surface area contributed by atoms with Gasteiger partial charge in [-0.05, 0) is 75.0 Å². The van der Waals surface area contributed by atoms with Crippen molar-refractivity contribution in [2.75, 3.05) is 12.5 Å². The van der Waals surface area contributed by atoms with Crippen LogP contribution in [0.5, 0.6) is 0 Å². The second-order valence-electron chi connectivity index (χ2n) is 9.16. The molecule has 0 unspecified atom stereocenters. The average molecular weight is 598 g/mol. The molecule has 0 atom stereocenters. The van der Waals surface area contributed by atoms with Crippen LogP contribution in [0.3, 0.4) is 0 Å². The molecule has 0 aliphatic heterocycles. The van der Waals surface area contributed by atoms with Gasteiger partial charge in [-0.2, -0.15) is 0 Å². The molecule has 0 amide bonds. The molecule has 37 heavy (non-hydrogen) atoms. The van der Waals surface area contributed by atoms with E-state index >= 15 is 0 Å². The Bertz CT molecular complexity index is 1550. The average Bonchev–Trinajstić information content (AvgIpc) is 2.81. The minimum atomic E-state index is -11.1. The topological polar surface area (TPSA) is 17.1 Å². The zero-order valence-corrected chi connectivity index (χ0v) is 22.9. The van der Waals surface area contributed by atoms with Gasteiger partial charge in [-0.15, -0.1) is 0 Å². The Morgan fingerprint density at radius 1 is 0.703 bits per heavy atom. The monoisotopic (exact) mass is 598 g/mol. The zero-order chi connectivity index (χ0) is 27.1. The summed E-state index contributed by atoms with van der Waals surface area (Å²) in [5, 5.41) is 7.93. The molecular formula is C28H25AsF6OS. The molecule has 0 heterocycles. The summed E-state index contributed by atoms with van der Waals surface area (Å²) < 4.78 is 59.4. The van der Waals surface area contributed by atoms with Crippen molar-refractivity contribution in [1.82, 2.24) is 0 Å². The van der Waals surface area contributed by atoms with E-state index in [0.717, 1.165) is 18.4 Å². The second-order valence-corrected chi connectivity index (χ2v) is 15.3. The van der Waals surface area contributed by atoms with Gasteiger partial charge < -0.3 is 0 Å². The van der Waals surface area contributed by atoms with Crippen molar-refractivity contribution in [3.05, 3.63) is 90.0 Å². The summed E-state index contributed by atoms with van der Waals surface area (Å²) in [6, 6.07) is 28.1. The maximum absolute atomic E-state index is 12.7. The van der Waals surface area contributed by atoms with Crippen LogP contribution in [0.25, 0.3) is 32.3 Å². The van der Waals surface area contributed by atoms with Crippen molar-refractivity contribution in [2.45, 2.75) is 24.2 Å². The molecule has 0 spiro atoms. The van der Waals surface area contributed by atoms with Crippen LogP contribution in [-0.2, 0) is 17.3 Å². The maximum atomic E-state index is 12.7. The van der Waals surface area contributed by atoms with Gasteiger partial charge in [0.15, 0.2) is 10.7 Å². The van der Waals surface area contributed by atoms with E-state index in [1.165, 1.54) is 42.8 Å². The standard InChI is InChI=1S/C28H25OS.AsF6/c1-30(2)24-16-13-20(14-17-24)26(29)8-4-5-19-9-10-23-12-11-21-6-3-7-22-15-18-25(19)28(23)27(21)22;2-1(3,4,5,6)7/h3,6-7,9-18H,4-5,8H2,1-2H3;/q+1;-1. The van der Waals surface area contributed by atoms with Crippen molar-refractivity contribution < 1.29 is 25.6 Å². The van der Waals surface area contributed by atoms with Crippen molar-refractivity contribution in [3.63, 3.8) is 0 Å². The van der Waals surface area contributed by atoms with Crippen LogP contribution in [0.1, 0.15) is 28.8 Å². The van der Waals surface area contributed by atoms with E-state index in [1.807, 2.05) is 12.1 Å². The number of aryl methyl sites for hydroxylation is 1. The number of rotatable bonds is 6. The molecule has 9 heteroatoms. The Labute approximate surface area is 215 Å². The van der Waals surface area contributed by atoms with Crippen molar-refractivity contribution in [2.24, 2.45) is 0 Å². The molecule has 0 aromatic heterocycles. The van der Waals surface area contributed by atoms with E-state index in [1.54, 1.807) is 0 Å². The number of halogens is 6. The van der Waals surface area contributed by atoms with E-state index in [0.29, 0.717) is 6.42 Å². The van der Waals surface area contributed by atoms with Gasteiger partial charge in [-0.1, -0.05) is 54.6 Å². The summed E-state index contributed by atoms with van der Waals surface area (Å²) in [5.74, 6) is 0.242. The molecule has 5 aromatic rings. The van der Waals surface area contributed by atoms with Gasteiger partial charge in [-0.3, -0.25) is 4.79 Å².